The molecule has 0 radical (unpaired) electrons. The van der Waals surface area contributed by atoms with Gasteiger partial charge in [-0.2, -0.15) is 14.9 Å². The molecule has 4 aromatic rings. The number of amides is 2. The molecule has 1 aliphatic rings. The van der Waals surface area contributed by atoms with Gasteiger partial charge >= 0.3 is 5.97 Å². The Hall–Kier alpha value is -4.97. The summed E-state index contributed by atoms with van der Waals surface area (Å²) in [6.45, 7) is 0. The lowest BCUT2D eigenvalue weighted by Crippen LogP contribution is -2.27. The molecule has 0 fully saturated rings. The van der Waals surface area contributed by atoms with Gasteiger partial charge in [0.05, 0.1) is 42.8 Å². The van der Waals surface area contributed by atoms with Gasteiger partial charge in [-0.05, 0) is 70.8 Å². The normalized spacial score (nSPS) is 15.4. The Bertz CT molecular complexity index is 1660. The number of aromatic nitrogens is 6. The average molecular weight is 601 g/mol. The minimum Gasteiger partial charge on any atom is -0.469 e. The molecule has 2 amide bonds. The number of nitrogens with one attached hydrogen (secondary N) is 2. The molecule has 12 nitrogen and oxygen atoms in total. The lowest BCUT2D eigenvalue weighted by atomic mass is 9.99. The van der Waals surface area contributed by atoms with Crippen LogP contribution in [0.3, 0.4) is 0 Å². The molecule has 2 bridgehead atoms. The van der Waals surface area contributed by atoms with Gasteiger partial charge in [-0.3, -0.25) is 14.4 Å². The van der Waals surface area contributed by atoms with Crippen LogP contribution in [0, 0.1) is 0 Å². The van der Waals surface area contributed by atoms with E-state index in [2.05, 4.69) is 36.4 Å². The van der Waals surface area contributed by atoms with Gasteiger partial charge in [-0.15, -0.1) is 5.10 Å². The Balaban J connectivity index is 1.42. The SMILES string of the molecule is COC(=O)Cc1ccc2c(c1)NC(=O)CCCCCC(NC(=O)/C=C/c1cc(Cl)ccc1-n1cnnn1)c1cnnc-2c1. The third-order valence-electron chi connectivity index (χ3n) is 7.00. The van der Waals surface area contributed by atoms with Crippen molar-refractivity contribution in [3.8, 4) is 16.9 Å². The van der Waals surface area contributed by atoms with Gasteiger partial charge in [0.25, 0.3) is 0 Å². The summed E-state index contributed by atoms with van der Waals surface area (Å²) >= 11 is 6.21. The first-order chi connectivity index (χ1) is 20.9. The minimum atomic E-state index is -0.382. The Morgan fingerprint density at radius 1 is 1.14 bits per heavy atom. The Morgan fingerprint density at radius 3 is 2.84 bits per heavy atom. The minimum absolute atomic E-state index is 0.0688. The number of benzene rings is 2. The number of anilines is 1. The summed E-state index contributed by atoms with van der Waals surface area (Å²) in [6.07, 6.45) is 9.52. The van der Waals surface area contributed by atoms with Crippen molar-refractivity contribution in [2.75, 3.05) is 12.4 Å². The van der Waals surface area contributed by atoms with E-state index in [0.717, 1.165) is 18.4 Å². The molecule has 2 aromatic carbocycles. The zero-order chi connectivity index (χ0) is 30.2. The molecule has 1 atom stereocenters. The van der Waals surface area contributed by atoms with Crippen LogP contribution < -0.4 is 10.6 Å². The van der Waals surface area contributed by atoms with Gasteiger partial charge in [-0.25, -0.2) is 0 Å². The topological polar surface area (TPSA) is 154 Å². The van der Waals surface area contributed by atoms with Gasteiger partial charge in [0.2, 0.25) is 11.8 Å². The fourth-order valence-corrected chi connectivity index (χ4v) is 5.02. The molecule has 2 N–H and O–H groups in total. The number of fused-ring (bicyclic) bond motifs is 4. The van der Waals surface area contributed by atoms with Crippen LogP contribution in [0.2, 0.25) is 5.02 Å². The number of nitrogens with zero attached hydrogens (tertiary/aromatic N) is 6. The predicted octanol–water partition coefficient (Wildman–Crippen LogP) is 4.26. The summed E-state index contributed by atoms with van der Waals surface area (Å²) in [5.74, 6) is -0.816. The quantitative estimate of drug-likeness (QED) is 0.244. The molecule has 0 aliphatic carbocycles. The molecule has 2 aromatic heterocycles. The lowest BCUT2D eigenvalue weighted by Gasteiger charge is -2.19. The monoisotopic (exact) mass is 600 g/mol. The van der Waals surface area contributed by atoms with E-state index in [9.17, 15) is 14.4 Å². The van der Waals surface area contributed by atoms with Crippen molar-refractivity contribution in [1.82, 2.24) is 35.7 Å². The highest BCUT2D eigenvalue weighted by atomic mass is 35.5. The van der Waals surface area contributed by atoms with Crippen molar-refractivity contribution < 1.29 is 19.1 Å². The second kappa shape index (κ2) is 13.8. The number of esters is 1. The van der Waals surface area contributed by atoms with Crippen LogP contribution in [0.25, 0.3) is 23.0 Å². The lowest BCUT2D eigenvalue weighted by molar-refractivity contribution is -0.139. The Kier molecular flexibility index (Phi) is 9.47. The van der Waals surface area contributed by atoms with E-state index < -0.39 is 0 Å². The van der Waals surface area contributed by atoms with E-state index >= 15 is 0 Å². The second-order valence-electron chi connectivity index (χ2n) is 10.0. The summed E-state index contributed by atoms with van der Waals surface area (Å²) in [6, 6.07) is 12.1. The first-order valence-electron chi connectivity index (χ1n) is 13.7. The molecular formula is C30H29ClN8O4. The van der Waals surface area contributed by atoms with Crippen molar-refractivity contribution >= 4 is 41.1 Å². The summed E-state index contributed by atoms with van der Waals surface area (Å²) in [5, 5.41) is 26.4. The maximum absolute atomic E-state index is 13.2. The highest BCUT2D eigenvalue weighted by Gasteiger charge is 2.19. The van der Waals surface area contributed by atoms with Crippen molar-refractivity contribution in [2.45, 2.75) is 44.6 Å². The van der Waals surface area contributed by atoms with E-state index in [0.29, 0.717) is 58.0 Å². The van der Waals surface area contributed by atoms with Crippen molar-refractivity contribution in [2.24, 2.45) is 0 Å². The summed E-state index contributed by atoms with van der Waals surface area (Å²) in [5.41, 5.74) is 4.50. The first kappa shape index (κ1) is 29.5. The number of carbonyl (C=O) groups is 3. The van der Waals surface area contributed by atoms with E-state index in [1.807, 2.05) is 6.07 Å². The van der Waals surface area contributed by atoms with Crippen molar-refractivity contribution in [3.05, 3.63) is 82.8 Å². The summed E-state index contributed by atoms with van der Waals surface area (Å²) in [7, 11) is 1.33. The third kappa shape index (κ3) is 7.66. The molecule has 0 spiro atoms. The summed E-state index contributed by atoms with van der Waals surface area (Å²) < 4.78 is 6.28. The standard InChI is InChI=1S/C30H29ClN8O4/c1-43-30(42)14-19-7-10-23-25(13-19)35-28(40)6-4-2-3-5-24(21-16-26(23)36-32-17-21)34-29(41)12-8-20-15-22(31)9-11-27(20)39-18-33-37-38-39/h7-13,15-18,24H,2-6,14H2,1H3,(H,34,41)(H,35,40)/b12-8+. The zero-order valence-electron chi connectivity index (χ0n) is 23.4. The van der Waals surface area contributed by atoms with Gasteiger partial charge in [-0.1, -0.05) is 36.6 Å². The van der Waals surface area contributed by atoms with Gasteiger partial charge in [0.15, 0.2) is 0 Å². The fraction of sp³-hybridized carbons (Fsp3) is 0.267. The molecule has 13 heteroatoms. The number of tetrazole rings is 1. The predicted molar refractivity (Wildman–Crippen MR) is 159 cm³/mol. The number of hydrogen-bond donors (Lipinski definition) is 2. The van der Waals surface area contributed by atoms with Crippen LogP contribution in [0.1, 0.15) is 54.8 Å². The number of carbonyl (C=O) groups excluding carboxylic acids is 3. The molecule has 1 aliphatic heterocycles. The Labute approximate surface area is 252 Å². The van der Waals surface area contributed by atoms with E-state index in [-0.39, 0.29) is 30.2 Å². The molecule has 5 rings (SSSR count). The number of hydrogen-bond acceptors (Lipinski definition) is 9. The van der Waals surface area contributed by atoms with Crippen molar-refractivity contribution in [1.29, 1.82) is 0 Å². The van der Waals surface area contributed by atoms with Crippen LogP contribution >= 0.6 is 11.6 Å². The van der Waals surface area contributed by atoms with Crippen molar-refractivity contribution in [3.63, 3.8) is 0 Å². The van der Waals surface area contributed by atoms with E-state index in [1.54, 1.807) is 48.7 Å². The highest BCUT2D eigenvalue weighted by Crippen LogP contribution is 2.31. The van der Waals surface area contributed by atoms with Gasteiger partial charge < -0.3 is 15.4 Å². The molecule has 0 saturated carbocycles. The third-order valence-corrected chi connectivity index (χ3v) is 7.24. The molecular weight excluding hydrogens is 572 g/mol. The zero-order valence-corrected chi connectivity index (χ0v) is 24.1. The van der Waals surface area contributed by atoms with Gasteiger partial charge in [0, 0.05) is 28.6 Å². The maximum Gasteiger partial charge on any atom is 0.309 e. The number of ether oxygens (including phenoxy) is 1. The van der Waals surface area contributed by atoms with Crippen LogP contribution in [-0.2, 0) is 25.5 Å². The molecule has 220 valence electrons. The smallest absolute Gasteiger partial charge is 0.309 e. The molecule has 1 unspecified atom stereocenters. The second-order valence-corrected chi connectivity index (χ2v) is 10.4. The fourth-order valence-electron chi connectivity index (χ4n) is 4.84. The van der Waals surface area contributed by atoms with Crippen LogP contribution in [0.5, 0.6) is 0 Å². The molecule has 0 saturated heterocycles. The number of methoxy groups -OCH3 is 1. The van der Waals surface area contributed by atoms with Crippen LogP contribution in [0.15, 0.2) is 61.1 Å². The molecule has 3 heterocycles. The van der Waals surface area contributed by atoms with Crippen LogP contribution in [0.4, 0.5) is 5.69 Å². The maximum atomic E-state index is 13.2. The Morgan fingerprint density at radius 2 is 2.02 bits per heavy atom. The summed E-state index contributed by atoms with van der Waals surface area (Å²) in [4.78, 5) is 37.8. The largest absolute Gasteiger partial charge is 0.469 e. The highest BCUT2D eigenvalue weighted by molar-refractivity contribution is 6.30. The van der Waals surface area contributed by atoms with Crippen LogP contribution in [-0.4, -0.2) is 55.3 Å². The first-order valence-corrected chi connectivity index (χ1v) is 14.1. The van der Waals surface area contributed by atoms with E-state index in [4.69, 9.17) is 16.3 Å². The van der Waals surface area contributed by atoms with E-state index in [1.165, 1.54) is 24.2 Å². The number of rotatable bonds is 6. The van der Waals surface area contributed by atoms with Gasteiger partial charge in [0.1, 0.15) is 6.33 Å². The molecule has 43 heavy (non-hydrogen) atoms. The number of halogens is 1. The average Bonchev–Trinajstić information content (AvgIpc) is 3.54.